The molecule has 0 saturated heterocycles. The molecule has 0 rings (SSSR count). The van der Waals surface area contributed by atoms with Crippen LogP contribution in [0.4, 0.5) is 0 Å². The van der Waals surface area contributed by atoms with Crippen LogP contribution >= 0.6 is 0 Å². The first-order valence-corrected chi connectivity index (χ1v) is 2.21. The summed E-state index contributed by atoms with van der Waals surface area (Å²) in [5.74, 6) is -2.46. The molecule has 0 aromatic rings. The van der Waals surface area contributed by atoms with Gasteiger partial charge in [0.05, 0.1) is 11.9 Å². The maximum atomic E-state index is 9.14. The molecule has 0 aromatic carbocycles. The number of carbonyl (C=O) groups is 2. The second kappa shape index (κ2) is 11.7. The molecule has 57 valence electrons. The van der Waals surface area contributed by atoms with Gasteiger partial charge in [-0.05, 0) is 12.2 Å². The molecule has 0 aromatic heterocycles. The smallest absolute Gasteiger partial charge is 0.545 e. The fraction of sp³-hybridized carbons (Fsp3) is 0. The Balaban J connectivity index is -0.000000107. The van der Waals surface area contributed by atoms with E-state index in [-0.39, 0.29) is 17.4 Å². The Morgan fingerprint density at radius 2 is 1.09 bits per heavy atom. The first-order valence-electron chi connectivity index (χ1n) is 2.21. The third-order valence-corrected chi connectivity index (χ3v) is 0.333. The summed E-state index contributed by atoms with van der Waals surface area (Å²) in [4.78, 5) is 18.3. The van der Waals surface area contributed by atoms with Crippen LogP contribution in [0, 0.1) is 0 Å². The number of hydrogen-bond donors (Lipinski definition) is 0. The van der Waals surface area contributed by atoms with E-state index in [0.717, 1.165) is 12.2 Å². The second-order valence-electron chi connectivity index (χ2n) is 1.05. The minimum Gasteiger partial charge on any atom is -0.545 e. The van der Waals surface area contributed by atoms with Crippen molar-refractivity contribution < 1.29 is 19.8 Å². The Morgan fingerprint density at radius 3 is 1.09 bits per heavy atom. The summed E-state index contributed by atoms with van der Waals surface area (Å²) < 4.78 is 0. The van der Waals surface area contributed by atoms with Gasteiger partial charge in [-0.3, -0.25) is 0 Å². The van der Waals surface area contributed by atoms with Gasteiger partial charge >= 0.3 is 17.4 Å². The summed E-state index contributed by atoms with van der Waals surface area (Å²) in [6.45, 7) is 5.80. The number of rotatable bonds is 2. The average molecular weight is 169 g/mol. The van der Waals surface area contributed by atoms with E-state index in [2.05, 4.69) is 13.2 Å². The molecule has 1 radical (unpaired) electrons. The largest absolute Gasteiger partial charge is 2.00 e. The molecule has 0 spiro atoms. The zero-order valence-electron chi connectivity index (χ0n) is 5.78. The molecule has 0 unspecified atom stereocenters. The Hall–Kier alpha value is -1.05. The van der Waals surface area contributed by atoms with Crippen LogP contribution < -0.4 is 10.2 Å². The van der Waals surface area contributed by atoms with Crippen LogP contribution in [-0.2, 0) is 9.59 Å². The van der Waals surface area contributed by atoms with Crippen LogP contribution in [0.3, 0.4) is 0 Å². The summed E-state index contributed by atoms with van der Waals surface area (Å²) in [6, 6.07) is 0. The van der Waals surface area contributed by atoms with E-state index < -0.39 is 11.9 Å². The molecule has 0 amide bonds. The Morgan fingerprint density at radius 1 is 1.00 bits per heavy atom. The van der Waals surface area contributed by atoms with Crippen molar-refractivity contribution in [2.75, 3.05) is 0 Å². The summed E-state index contributed by atoms with van der Waals surface area (Å²) in [5, 5.41) is 18.3. The van der Waals surface area contributed by atoms with Gasteiger partial charge in [0.25, 0.3) is 0 Å². The number of aliphatic carboxylic acids is 2. The normalized spacial score (nSPS) is 5.82. The number of carboxylic acids is 2. The molecule has 0 bridgehead atoms. The van der Waals surface area contributed by atoms with Crippen molar-refractivity contribution in [3.63, 3.8) is 0 Å². The average Bonchev–Trinajstić information content (AvgIpc) is 1.89. The molecular formula is C6H6AlO4. The van der Waals surface area contributed by atoms with Crippen LogP contribution in [0.5, 0.6) is 0 Å². The quantitative estimate of drug-likeness (QED) is 0.337. The standard InChI is InChI=1S/2C3H4O2.Al/c2*1-2-3(4)5;/h2*2H,1H2,(H,4,5);/q;;+2/p-2. The molecule has 0 atom stereocenters. The number of carbonyl (C=O) groups excluding carboxylic acids is 2. The Bertz CT molecular complexity index is 135. The van der Waals surface area contributed by atoms with E-state index in [1.165, 1.54) is 0 Å². The first-order chi connectivity index (χ1) is 4.54. The van der Waals surface area contributed by atoms with Crippen molar-refractivity contribution in [2.45, 2.75) is 0 Å². The van der Waals surface area contributed by atoms with Crippen LogP contribution in [0.15, 0.2) is 25.3 Å². The van der Waals surface area contributed by atoms with Gasteiger partial charge in [0, 0.05) is 0 Å². The molecular weight excluding hydrogens is 163 g/mol. The molecule has 0 heterocycles. The van der Waals surface area contributed by atoms with Crippen molar-refractivity contribution in [1.82, 2.24) is 0 Å². The SMILES string of the molecule is C=CC(=O)[O-].C=CC(=O)[O-].[Al+2]. The van der Waals surface area contributed by atoms with E-state index in [1.807, 2.05) is 0 Å². The van der Waals surface area contributed by atoms with E-state index in [4.69, 9.17) is 19.8 Å². The van der Waals surface area contributed by atoms with Gasteiger partial charge in [-0.1, -0.05) is 13.2 Å². The Labute approximate surface area is 75.0 Å². The van der Waals surface area contributed by atoms with Crippen molar-refractivity contribution in [2.24, 2.45) is 0 Å². The minimum atomic E-state index is -1.23. The molecule has 0 N–H and O–H groups in total. The van der Waals surface area contributed by atoms with Gasteiger partial charge in [0.15, 0.2) is 0 Å². The van der Waals surface area contributed by atoms with Crippen LogP contribution in [-0.4, -0.2) is 29.3 Å². The molecule has 11 heavy (non-hydrogen) atoms. The summed E-state index contributed by atoms with van der Waals surface area (Å²) in [6.07, 6.45) is 1.44. The first kappa shape index (κ1) is 16.5. The maximum absolute atomic E-state index is 9.14. The Kier molecular flexibility index (Phi) is 17.6. The van der Waals surface area contributed by atoms with Gasteiger partial charge in [-0.15, -0.1) is 0 Å². The summed E-state index contributed by atoms with van der Waals surface area (Å²) in [7, 11) is 0. The van der Waals surface area contributed by atoms with Gasteiger partial charge in [-0.25, -0.2) is 0 Å². The minimum absolute atomic E-state index is 0. The van der Waals surface area contributed by atoms with Crippen molar-refractivity contribution in [3.05, 3.63) is 25.3 Å². The van der Waals surface area contributed by atoms with Crippen LogP contribution in [0.25, 0.3) is 0 Å². The second-order valence-corrected chi connectivity index (χ2v) is 1.05. The monoisotopic (exact) mass is 169 g/mol. The molecule has 0 aliphatic heterocycles. The molecule has 0 aliphatic carbocycles. The van der Waals surface area contributed by atoms with Crippen LogP contribution in [0.1, 0.15) is 0 Å². The molecule has 4 nitrogen and oxygen atoms in total. The maximum Gasteiger partial charge on any atom is 2.00 e. The third kappa shape index (κ3) is 49.6. The van der Waals surface area contributed by atoms with Crippen molar-refractivity contribution >= 4 is 29.3 Å². The molecule has 5 heteroatoms. The van der Waals surface area contributed by atoms with E-state index >= 15 is 0 Å². The van der Waals surface area contributed by atoms with Crippen LogP contribution in [0.2, 0.25) is 0 Å². The van der Waals surface area contributed by atoms with Gasteiger partial charge in [-0.2, -0.15) is 0 Å². The van der Waals surface area contributed by atoms with E-state index in [1.54, 1.807) is 0 Å². The van der Waals surface area contributed by atoms with E-state index in [0.29, 0.717) is 0 Å². The number of hydrogen-bond acceptors (Lipinski definition) is 4. The van der Waals surface area contributed by atoms with E-state index in [9.17, 15) is 0 Å². The van der Waals surface area contributed by atoms with Crippen molar-refractivity contribution in [3.8, 4) is 0 Å². The topological polar surface area (TPSA) is 80.3 Å². The van der Waals surface area contributed by atoms with Gasteiger partial charge in [0.2, 0.25) is 0 Å². The zero-order valence-corrected chi connectivity index (χ0v) is 6.93. The molecule has 0 saturated carbocycles. The fourth-order valence-corrected chi connectivity index (χ4v) is 0. The third-order valence-electron chi connectivity index (χ3n) is 0.333. The molecule has 0 fully saturated rings. The zero-order chi connectivity index (χ0) is 8.57. The summed E-state index contributed by atoms with van der Waals surface area (Å²) in [5.41, 5.74) is 0. The van der Waals surface area contributed by atoms with Crippen molar-refractivity contribution in [1.29, 1.82) is 0 Å². The number of carboxylic acid groups (broad SMARTS) is 2. The summed E-state index contributed by atoms with van der Waals surface area (Å²) >= 11 is 0. The van der Waals surface area contributed by atoms with Gasteiger partial charge in [0.1, 0.15) is 0 Å². The van der Waals surface area contributed by atoms with Gasteiger partial charge < -0.3 is 19.8 Å². The predicted octanol–water partition coefficient (Wildman–Crippen LogP) is -2.54. The molecule has 0 aliphatic rings. The predicted molar refractivity (Wildman–Crippen MR) is 36.2 cm³/mol. The fourth-order valence-electron chi connectivity index (χ4n) is 0.